The van der Waals surface area contributed by atoms with Crippen molar-refractivity contribution in [1.29, 1.82) is 0 Å². The maximum Gasteiger partial charge on any atom is 2.00 e. The molecule has 6 nitrogen and oxygen atoms in total. The molecule has 0 aromatic rings. The van der Waals surface area contributed by atoms with Crippen molar-refractivity contribution in [2.24, 2.45) is 0 Å². The van der Waals surface area contributed by atoms with Gasteiger partial charge in [0.15, 0.2) is 0 Å². The van der Waals surface area contributed by atoms with E-state index in [4.69, 9.17) is 16.7 Å². The minimum absolute atomic E-state index is 0. The maximum atomic E-state index is 9.24. The van der Waals surface area contributed by atoms with Crippen molar-refractivity contribution in [3.8, 4) is 0 Å². The molecule has 0 radical (unpaired) electrons. The second kappa shape index (κ2) is 14.5. The summed E-state index contributed by atoms with van der Waals surface area (Å²) in [5.41, 5.74) is 0. The number of halogens is 1. The van der Waals surface area contributed by atoms with Crippen molar-refractivity contribution in [3.63, 3.8) is 0 Å². The Labute approximate surface area is 88.5 Å². The molecule has 0 aliphatic rings. The van der Waals surface area contributed by atoms with E-state index in [0.717, 1.165) is 0 Å². The van der Waals surface area contributed by atoms with Gasteiger partial charge in [-0.15, -0.1) is 11.6 Å². The van der Waals surface area contributed by atoms with Crippen molar-refractivity contribution in [2.75, 3.05) is 12.5 Å². The first-order valence-electron chi connectivity index (χ1n) is 2.18. The van der Waals surface area contributed by atoms with Crippen LogP contribution in [0.25, 0.3) is 0 Å². The largest absolute Gasteiger partial charge is 2.00 e. The molecular weight excluding hydrogens is 283 g/mol. The van der Waals surface area contributed by atoms with Crippen LogP contribution in [0.4, 0.5) is 0 Å². The molecule has 12 heavy (non-hydrogen) atoms. The second-order valence-corrected chi connectivity index (χ2v) is 2.87. The van der Waals surface area contributed by atoms with Crippen molar-refractivity contribution in [2.45, 2.75) is 0 Å². The SMILES string of the molecule is O=[P+]([O-])O[P+](=O)[O-].OCCCl.[Zn+2]. The summed E-state index contributed by atoms with van der Waals surface area (Å²) in [7, 11) is -6.47. The topological polar surface area (TPSA) is 110 Å². The van der Waals surface area contributed by atoms with Gasteiger partial charge in [-0.3, -0.25) is 0 Å². The molecule has 10 heteroatoms. The van der Waals surface area contributed by atoms with Crippen LogP contribution in [-0.2, 0) is 32.9 Å². The molecule has 1 N–H and O–H groups in total. The van der Waals surface area contributed by atoms with Crippen molar-refractivity contribution in [3.05, 3.63) is 0 Å². The van der Waals surface area contributed by atoms with Gasteiger partial charge < -0.3 is 14.9 Å². The number of rotatable bonds is 3. The number of hydrogen-bond donors (Lipinski definition) is 1. The van der Waals surface area contributed by atoms with Crippen molar-refractivity contribution in [1.82, 2.24) is 0 Å². The van der Waals surface area contributed by atoms with Crippen molar-refractivity contribution < 1.29 is 47.8 Å². The molecule has 0 saturated heterocycles. The summed E-state index contributed by atoms with van der Waals surface area (Å²) in [5, 5.41) is 7.74. The maximum absolute atomic E-state index is 9.24. The van der Waals surface area contributed by atoms with E-state index in [2.05, 4.69) is 4.31 Å². The molecule has 0 fully saturated rings. The molecule has 0 heterocycles. The summed E-state index contributed by atoms with van der Waals surface area (Å²) in [5.74, 6) is 0.347. The Morgan fingerprint density at radius 1 is 1.33 bits per heavy atom. The predicted octanol–water partition coefficient (Wildman–Crippen LogP) is -0.747. The monoisotopic (exact) mass is 286 g/mol. The van der Waals surface area contributed by atoms with E-state index >= 15 is 0 Å². The third-order valence-corrected chi connectivity index (χ3v) is 1.45. The minimum Gasteiger partial charge on any atom is -0.563 e. The second-order valence-electron chi connectivity index (χ2n) is 0.941. The van der Waals surface area contributed by atoms with Gasteiger partial charge in [0.2, 0.25) is 0 Å². The van der Waals surface area contributed by atoms with E-state index in [1.807, 2.05) is 0 Å². The van der Waals surface area contributed by atoms with Gasteiger partial charge in [0.05, 0.1) is 6.61 Å². The molecule has 0 aliphatic carbocycles. The van der Waals surface area contributed by atoms with Gasteiger partial charge in [-0.2, -0.15) is 0 Å². The van der Waals surface area contributed by atoms with Gasteiger partial charge in [0.25, 0.3) is 0 Å². The Bertz CT molecular complexity index is 119. The normalized spacial score (nSPS) is 10.3. The van der Waals surface area contributed by atoms with Gasteiger partial charge in [-0.05, 0) is 9.13 Å². The summed E-state index contributed by atoms with van der Waals surface area (Å²) >= 11 is 4.94. The third kappa shape index (κ3) is 30.6. The molecule has 0 aromatic carbocycles. The van der Waals surface area contributed by atoms with Crippen LogP contribution in [0.1, 0.15) is 0 Å². The van der Waals surface area contributed by atoms with Crippen molar-refractivity contribution >= 4 is 28.1 Å². The summed E-state index contributed by atoms with van der Waals surface area (Å²) in [6.45, 7) is 0.0849. The minimum atomic E-state index is -3.24. The first-order valence-corrected chi connectivity index (χ1v) is 4.90. The zero-order valence-electron chi connectivity index (χ0n) is 5.88. The average Bonchev–Trinajstić information content (AvgIpc) is 1.85. The van der Waals surface area contributed by atoms with Gasteiger partial charge >= 0.3 is 36.0 Å². The first kappa shape index (κ1) is 18.7. The zero-order chi connectivity index (χ0) is 9.28. The number of aliphatic hydroxyl groups is 1. The molecule has 0 aliphatic heterocycles. The van der Waals surface area contributed by atoms with Crippen LogP contribution in [-0.4, -0.2) is 17.6 Å². The number of aliphatic hydroxyl groups excluding tert-OH is 1. The predicted molar refractivity (Wildman–Crippen MR) is 34.1 cm³/mol. The fourth-order valence-corrected chi connectivity index (χ4v) is 0.490. The van der Waals surface area contributed by atoms with E-state index in [-0.39, 0.29) is 26.1 Å². The van der Waals surface area contributed by atoms with E-state index < -0.39 is 16.5 Å². The quantitative estimate of drug-likeness (QED) is 0.416. The average molecular weight is 288 g/mol. The number of alkyl halides is 1. The summed E-state index contributed by atoms with van der Waals surface area (Å²) < 4.78 is 21.6. The van der Waals surface area contributed by atoms with Crippen LogP contribution in [0.5, 0.6) is 0 Å². The van der Waals surface area contributed by atoms with Crippen LogP contribution < -0.4 is 9.79 Å². The van der Waals surface area contributed by atoms with Crippen LogP contribution in [0.15, 0.2) is 0 Å². The van der Waals surface area contributed by atoms with Crippen LogP contribution in [0, 0.1) is 0 Å². The van der Waals surface area contributed by atoms with E-state index in [1.54, 1.807) is 0 Å². The molecule has 0 amide bonds. The molecule has 0 aromatic heterocycles. The van der Waals surface area contributed by atoms with E-state index in [9.17, 15) is 18.9 Å². The van der Waals surface area contributed by atoms with Gasteiger partial charge in [0, 0.05) is 5.88 Å². The van der Waals surface area contributed by atoms with Crippen LogP contribution >= 0.6 is 28.1 Å². The Morgan fingerprint density at radius 3 is 1.58 bits per heavy atom. The summed E-state index contributed by atoms with van der Waals surface area (Å²) in [6.07, 6.45) is 0. The Morgan fingerprint density at radius 2 is 1.58 bits per heavy atom. The van der Waals surface area contributed by atoms with E-state index in [0.29, 0.717) is 5.88 Å². The third-order valence-electron chi connectivity index (χ3n) is 0.218. The molecule has 0 spiro atoms. The number of hydrogen-bond acceptors (Lipinski definition) is 6. The van der Waals surface area contributed by atoms with E-state index in [1.165, 1.54) is 0 Å². The van der Waals surface area contributed by atoms with Crippen LogP contribution in [0.3, 0.4) is 0 Å². The first-order chi connectivity index (χ1) is 5.04. The fraction of sp³-hybridized carbons (Fsp3) is 1.00. The molecule has 0 bridgehead atoms. The van der Waals surface area contributed by atoms with Gasteiger partial charge in [0.1, 0.15) is 4.31 Å². The Kier molecular flexibility index (Phi) is 22.5. The standard InChI is InChI=1S/C2H5ClO.O5P2.Zn/c3-1-2-4;1-6(2)5-7(3)4;/h4H,1-2H2;;/q;;+2. The fourth-order valence-electron chi connectivity index (χ4n) is 0.0544. The van der Waals surface area contributed by atoms with Crippen LogP contribution in [0.2, 0.25) is 0 Å². The Balaban J connectivity index is -0.000000142. The Hall–Kier alpha value is 0.953. The van der Waals surface area contributed by atoms with Gasteiger partial charge in [-0.1, -0.05) is 0 Å². The summed E-state index contributed by atoms with van der Waals surface area (Å²) in [6, 6.07) is 0. The molecule has 0 rings (SSSR count). The van der Waals surface area contributed by atoms with Gasteiger partial charge in [-0.25, -0.2) is 0 Å². The smallest absolute Gasteiger partial charge is 0.563 e. The molecule has 66 valence electrons. The molecule has 2 atom stereocenters. The molecular formula is C2H5ClO6P2Zn+2. The summed E-state index contributed by atoms with van der Waals surface area (Å²) in [4.78, 5) is 18.5. The molecule has 2 unspecified atom stereocenters. The zero-order valence-corrected chi connectivity index (χ0v) is 11.4. The molecule has 0 saturated carbocycles.